The molecule has 2 heteroatoms. The summed E-state index contributed by atoms with van der Waals surface area (Å²) in [5, 5.41) is 0. The summed E-state index contributed by atoms with van der Waals surface area (Å²) in [7, 11) is 1.68. The third kappa shape index (κ3) is 4.84. The van der Waals surface area contributed by atoms with Crippen LogP contribution in [0.5, 0.6) is 5.75 Å². The van der Waals surface area contributed by atoms with Gasteiger partial charge in [0, 0.05) is 0 Å². The fraction of sp³-hybridized carbons (Fsp3) is 0.0588. The van der Waals surface area contributed by atoms with E-state index in [4.69, 9.17) is 4.74 Å². The average molecular weight is 362 g/mol. The van der Waals surface area contributed by atoms with Crippen molar-refractivity contribution in [3.8, 4) is 15.6 Å². The van der Waals surface area contributed by atoms with Gasteiger partial charge in [0.05, 0.1) is 0 Å². The monoisotopic (exact) mass is 364 g/mol. The third-order valence-electron chi connectivity index (χ3n) is 2.47. The summed E-state index contributed by atoms with van der Waals surface area (Å²) in [5.74, 6) is 4.07. The topological polar surface area (TPSA) is 9.23 Å². The summed E-state index contributed by atoms with van der Waals surface area (Å²) in [4.78, 5) is 0. The Morgan fingerprint density at radius 2 is 1.74 bits per heavy atom. The van der Waals surface area contributed by atoms with Crippen LogP contribution < -0.4 is 4.74 Å². The standard InChI is InChI=1S/C17H14OTe/c1-18-17-9-7-16(8-10-17)12-14-19-13-11-15-5-3-2-4-6-15/h2-10,12,14H,1H3/b14-12+. The maximum absolute atomic E-state index is 5.12. The molecule has 0 aliphatic rings. The van der Waals surface area contributed by atoms with Crippen LogP contribution in [0.2, 0.25) is 0 Å². The van der Waals surface area contributed by atoms with Gasteiger partial charge in [-0.3, -0.25) is 0 Å². The van der Waals surface area contributed by atoms with Gasteiger partial charge in [0.1, 0.15) is 0 Å². The first-order valence-corrected chi connectivity index (χ1v) is 8.42. The fourth-order valence-corrected chi connectivity index (χ4v) is 2.81. The summed E-state index contributed by atoms with van der Waals surface area (Å²) in [5.41, 5.74) is 2.28. The molecule has 0 N–H and O–H groups in total. The molecule has 0 bridgehead atoms. The van der Waals surface area contributed by atoms with Gasteiger partial charge < -0.3 is 0 Å². The number of hydrogen-bond acceptors (Lipinski definition) is 1. The van der Waals surface area contributed by atoms with Crippen LogP contribution in [0.15, 0.2) is 58.7 Å². The van der Waals surface area contributed by atoms with Gasteiger partial charge in [-0.15, -0.1) is 0 Å². The van der Waals surface area contributed by atoms with Crippen LogP contribution in [-0.4, -0.2) is 28.0 Å². The predicted molar refractivity (Wildman–Crippen MR) is 81.1 cm³/mol. The summed E-state index contributed by atoms with van der Waals surface area (Å²) >= 11 is -0.386. The average Bonchev–Trinajstić information content (AvgIpc) is 2.49. The Balaban J connectivity index is 1.88. The van der Waals surface area contributed by atoms with Crippen molar-refractivity contribution in [1.29, 1.82) is 0 Å². The SMILES string of the molecule is COc1ccc(/C=C/[Te]C#Cc2ccccc2)cc1. The molecule has 0 aliphatic carbocycles. The molecule has 0 spiro atoms. The van der Waals surface area contributed by atoms with Crippen LogP contribution in [0.3, 0.4) is 0 Å². The molecule has 0 radical (unpaired) electrons. The number of rotatable bonds is 3. The summed E-state index contributed by atoms with van der Waals surface area (Å²) in [6.07, 6.45) is 2.13. The minimum absolute atomic E-state index is 0.386. The van der Waals surface area contributed by atoms with E-state index in [-0.39, 0.29) is 20.9 Å². The van der Waals surface area contributed by atoms with E-state index < -0.39 is 0 Å². The zero-order chi connectivity index (χ0) is 13.3. The second-order valence-corrected chi connectivity index (χ2v) is 5.82. The van der Waals surface area contributed by atoms with Crippen LogP contribution >= 0.6 is 0 Å². The van der Waals surface area contributed by atoms with E-state index in [0.29, 0.717) is 0 Å². The Morgan fingerprint density at radius 1 is 1.00 bits per heavy atom. The number of methoxy groups -OCH3 is 1. The number of hydrogen-bond donors (Lipinski definition) is 0. The molecule has 0 saturated carbocycles. The Kier molecular flexibility index (Phi) is 5.57. The van der Waals surface area contributed by atoms with Gasteiger partial charge in [-0.2, -0.15) is 0 Å². The van der Waals surface area contributed by atoms with E-state index in [2.05, 4.69) is 20.1 Å². The van der Waals surface area contributed by atoms with Gasteiger partial charge in [-0.25, -0.2) is 0 Å². The van der Waals surface area contributed by atoms with Crippen molar-refractivity contribution in [1.82, 2.24) is 0 Å². The zero-order valence-corrected chi connectivity index (χ0v) is 13.0. The fourth-order valence-electron chi connectivity index (χ4n) is 1.47. The third-order valence-corrected chi connectivity index (χ3v) is 3.88. The molecule has 0 saturated heterocycles. The first-order chi connectivity index (χ1) is 9.38. The quantitative estimate of drug-likeness (QED) is 0.601. The van der Waals surface area contributed by atoms with Crippen molar-refractivity contribution in [2.75, 3.05) is 7.11 Å². The first kappa shape index (κ1) is 13.8. The molecule has 2 aromatic rings. The summed E-state index contributed by atoms with van der Waals surface area (Å²) in [6, 6.07) is 18.1. The van der Waals surface area contributed by atoms with Crippen LogP contribution in [0.1, 0.15) is 11.1 Å². The van der Waals surface area contributed by atoms with Crippen LogP contribution in [0.4, 0.5) is 0 Å². The molecule has 0 aromatic heterocycles. The zero-order valence-electron chi connectivity index (χ0n) is 10.7. The molecule has 2 aromatic carbocycles. The van der Waals surface area contributed by atoms with E-state index in [0.717, 1.165) is 11.3 Å². The Bertz CT molecular complexity index is 589. The Hall–Kier alpha value is -1.67. The number of benzene rings is 2. The maximum atomic E-state index is 5.12. The van der Waals surface area contributed by atoms with Crippen LogP contribution in [0, 0.1) is 9.89 Å². The molecule has 1 nitrogen and oxygen atoms in total. The molecule has 0 atom stereocenters. The van der Waals surface area contributed by atoms with Crippen molar-refractivity contribution in [3.05, 3.63) is 69.8 Å². The van der Waals surface area contributed by atoms with E-state index in [9.17, 15) is 0 Å². The molecular formula is C17H14OTe. The van der Waals surface area contributed by atoms with E-state index >= 15 is 0 Å². The second-order valence-electron chi connectivity index (χ2n) is 3.79. The van der Waals surface area contributed by atoms with Gasteiger partial charge in [-0.05, 0) is 0 Å². The molecule has 0 unspecified atom stereocenters. The second kappa shape index (κ2) is 7.70. The van der Waals surface area contributed by atoms with Crippen molar-refractivity contribution in [2.45, 2.75) is 0 Å². The molecule has 0 heterocycles. The molecule has 19 heavy (non-hydrogen) atoms. The van der Waals surface area contributed by atoms with Gasteiger partial charge in [0.2, 0.25) is 0 Å². The molecule has 0 amide bonds. The van der Waals surface area contributed by atoms with Crippen LogP contribution in [0.25, 0.3) is 6.08 Å². The number of ether oxygens (including phenoxy) is 1. The first-order valence-electron chi connectivity index (χ1n) is 5.91. The Morgan fingerprint density at radius 3 is 2.42 bits per heavy atom. The van der Waals surface area contributed by atoms with Gasteiger partial charge in [0.15, 0.2) is 0 Å². The molecule has 0 aliphatic heterocycles. The molecule has 0 fully saturated rings. The van der Waals surface area contributed by atoms with E-state index in [1.54, 1.807) is 7.11 Å². The summed E-state index contributed by atoms with van der Waals surface area (Å²) in [6.45, 7) is 0. The van der Waals surface area contributed by atoms with Gasteiger partial charge >= 0.3 is 124 Å². The Labute approximate surface area is 124 Å². The van der Waals surface area contributed by atoms with Crippen molar-refractivity contribution >= 4 is 27.0 Å². The van der Waals surface area contributed by atoms with Crippen LogP contribution in [-0.2, 0) is 0 Å². The molecule has 2 rings (SSSR count). The minimum atomic E-state index is -0.386. The normalized spacial score (nSPS) is 9.95. The van der Waals surface area contributed by atoms with Gasteiger partial charge in [-0.1, -0.05) is 0 Å². The van der Waals surface area contributed by atoms with Crippen molar-refractivity contribution in [2.24, 2.45) is 0 Å². The molecular weight excluding hydrogens is 348 g/mol. The molecule has 94 valence electrons. The predicted octanol–water partition coefficient (Wildman–Crippen LogP) is 3.38. The van der Waals surface area contributed by atoms with Gasteiger partial charge in [0.25, 0.3) is 0 Å². The summed E-state index contributed by atoms with van der Waals surface area (Å²) < 4.78 is 10.6. The van der Waals surface area contributed by atoms with Crippen molar-refractivity contribution < 1.29 is 4.74 Å². The van der Waals surface area contributed by atoms with E-state index in [1.807, 2.05) is 54.6 Å². The van der Waals surface area contributed by atoms with E-state index in [1.165, 1.54) is 5.56 Å². The van der Waals surface area contributed by atoms with Crippen molar-refractivity contribution in [3.63, 3.8) is 0 Å².